The van der Waals surface area contributed by atoms with E-state index >= 15 is 0 Å². The first-order valence-electron chi connectivity index (χ1n) is 5.33. The number of halogens is 2. The lowest BCUT2D eigenvalue weighted by Crippen LogP contribution is -2.38. The Balaban J connectivity index is 1.99. The van der Waals surface area contributed by atoms with Crippen molar-refractivity contribution in [2.45, 2.75) is 12.8 Å². The van der Waals surface area contributed by atoms with Crippen LogP contribution in [0.2, 0.25) is 10.0 Å². The first-order valence-corrected chi connectivity index (χ1v) is 6.09. The summed E-state index contributed by atoms with van der Waals surface area (Å²) in [5.41, 5.74) is 0.596. The average molecular weight is 275 g/mol. The molecule has 1 aromatic carbocycles. The Hall–Kier alpha value is -0.970. The van der Waals surface area contributed by atoms with Gasteiger partial charge in [0.2, 0.25) is 0 Å². The second kappa shape index (κ2) is 5.58. The second-order valence-electron chi connectivity index (χ2n) is 3.70. The van der Waals surface area contributed by atoms with E-state index in [0.717, 1.165) is 12.8 Å². The normalized spacial score (nSPS) is 15.8. The van der Waals surface area contributed by atoms with E-state index in [1.54, 1.807) is 18.2 Å². The lowest BCUT2D eigenvalue weighted by Gasteiger charge is -2.25. The average Bonchev–Trinajstić information content (AvgIpc) is 2.35. The molecule has 0 aromatic heterocycles. The highest BCUT2D eigenvalue weighted by Crippen LogP contribution is 2.25. The first kappa shape index (κ1) is 12.5. The molecule has 1 aliphatic rings. The maximum atomic E-state index is 11.8. The third-order valence-corrected chi connectivity index (χ3v) is 3.14. The topological polar surface area (TPSA) is 41.6 Å². The zero-order chi connectivity index (χ0) is 12.3. The summed E-state index contributed by atoms with van der Waals surface area (Å²) in [6.07, 6.45) is 1.94. The van der Waals surface area contributed by atoms with Crippen molar-refractivity contribution < 1.29 is 9.63 Å². The van der Waals surface area contributed by atoms with Crippen LogP contribution in [0.15, 0.2) is 18.2 Å². The Morgan fingerprint density at radius 1 is 1.29 bits per heavy atom. The number of amides is 2. The van der Waals surface area contributed by atoms with E-state index in [1.165, 1.54) is 5.06 Å². The van der Waals surface area contributed by atoms with Gasteiger partial charge in [0, 0.05) is 5.69 Å². The Morgan fingerprint density at radius 3 is 2.76 bits per heavy atom. The minimum atomic E-state index is -0.289. The molecule has 1 aliphatic heterocycles. The standard InChI is InChI=1S/C11H12Cl2N2O2/c12-9-4-3-8(7-10(9)13)14-11(16)15-5-1-2-6-17-15/h3-4,7H,1-2,5-6H2,(H,14,16). The van der Waals surface area contributed by atoms with Gasteiger partial charge < -0.3 is 5.32 Å². The van der Waals surface area contributed by atoms with Crippen molar-refractivity contribution in [1.29, 1.82) is 0 Å². The minimum Gasteiger partial charge on any atom is -0.306 e. The number of anilines is 1. The molecular weight excluding hydrogens is 263 g/mol. The van der Waals surface area contributed by atoms with Crippen molar-refractivity contribution in [3.63, 3.8) is 0 Å². The maximum Gasteiger partial charge on any atom is 0.345 e. The van der Waals surface area contributed by atoms with Crippen LogP contribution < -0.4 is 5.32 Å². The van der Waals surface area contributed by atoms with E-state index in [0.29, 0.717) is 28.9 Å². The summed E-state index contributed by atoms with van der Waals surface area (Å²) in [4.78, 5) is 17.0. The number of benzene rings is 1. The molecule has 0 bridgehead atoms. The van der Waals surface area contributed by atoms with E-state index in [2.05, 4.69) is 5.32 Å². The molecule has 92 valence electrons. The molecule has 0 saturated carbocycles. The Kier molecular flexibility index (Phi) is 4.10. The van der Waals surface area contributed by atoms with Crippen molar-refractivity contribution in [1.82, 2.24) is 5.06 Å². The van der Waals surface area contributed by atoms with Gasteiger partial charge in [0.15, 0.2) is 0 Å². The number of urea groups is 1. The van der Waals surface area contributed by atoms with Gasteiger partial charge in [-0.3, -0.25) is 4.84 Å². The van der Waals surface area contributed by atoms with Gasteiger partial charge in [-0.25, -0.2) is 9.86 Å². The van der Waals surface area contributed by atoms with Gasteiger partial charge in [-0.15, -0.1) is 0 Å². The van der Waals surface area contributed by atoms with Crippen LogP contribution in [0.4, 0.5) is 10.5 Å². The molecule has 6 heteroatoms. The number of nitrogens with zero attached hydrogens (tertiary/aromatic N) is 1. The third-order valence-electron chi connectivity index (χ3n) is 2.40. The fourth-order valence-electron chi connectivity index (χ4n) is 1.52. The van der Waals surface area contributed by atoms with Crippen LogP contribution >= 0.6 is 23.2 Å². The van der Waals surface area contributed by atoms with Gasteiger partial charge in [0.25, 0.3) is 0 Å². The van der Waals surface area contributed by atoms with Crippen LogP contribution in [0.5, 0.6) is 0 Å². The van der Waals surface area contributed by atoms with Gasteiger partial charge in [-0.2, -0.15) is 0 Å². The molecule has 4 nitrogen and oxygen atoms in total. The van der Waals surface area contributed by atoms with Crippen LogP contribution in [-0.4, -0.2) is 24.2 Å². The number of carbonyl (C=O) groups excluding carboxylic acids is 1. The molecule has 0 spiro atoms. The molecule has 1 aromatic rings. The summed E-state index contributed by atoms with van der Waals surface area (Å²) < 4.78 is 0. The van der Waals surface area contributed by atoms with Gasteiger partial charge in [-0.05, 0) is 31.0 Å². The van der Waals surface area contributed by atoms with Crippen LogP contribution in [0, 0.1) is 0 Å². The number of nitrogens with one attached hydrogen (secondary N) is 1. The zero-order valence-corrected chi connectivity index (χ0v) is 10.6. The Bertz CT molecular complexity index is 420. The Labute approximate surface area is 109 Å². The van der Waals surface area contributed by atoms with Crippen molar-refractivity contribution in [2.75, 3.05) is 18.5 Å². The predicted molar refractivity (Wildman–Crippen MR) is 67.4 cm³/mol. The molecular formula is C11H12Cl2N2O2. The third kappa shape index (κ3) is 3.25. The lowest BCUT2D eigenvalue weighted by atomic mass is 10.3. The smallest absolute Gasteiger partial charge is 0.306 e. The molecule has 17 heavy (non-hydrogen) atoms. The first-order chi connectivity index (χ1) is 8.16. The largest absolute Gasteiger partial charge is 0.345 e. The quantitative estimate of drug-likeness (QED) is 0.851. The monoisotopic (exact) mass is 274 g/mol. The molecule has 0 aliphatic carbocycles. The van der Waals surface area contributed by atoms with Crippen LogP contribution in [0.25, 0.3) is 0 Å². The second-order valence-corrected chi connectivity index (χ2v) is 4.52. The number of rotatable bonds is 1. The number of hydrogen-bond acceptors (Lipinski definition) is 2. The van der Waals surface area contributed by atoms with Crippen LogP contribution in [0.3, 0.4) is 0 Å². The van der Waals surface area contributed by atoms with E-state index in [1.807, 2.05) is 0 Å². The van der Waals surface area contributed by atoms with Gasteiger partial charge in [-0.1, -0.05) is 23.2 Å². The highest BCUT2D eigenvalue weighted by Gasteiger charge is 2.17. The molecule has 2 rings (SSSR count). The van der Waals surface area contributed by atoms with Gasteiger partial charge >= 0.3 is 6.03 Å². The lowest BCUT2D eigenvalue weighted by molar-refractivity contribution is -0.135. The van der Waals surface area contributed by atoms with E-state index in [9.17, 15) is 4.79 Å². The van der Waals surface area contributed by atoms with Crippen molar-refractivity contribution in [3.8, 4) is 0 Å². The highest BCUT2D eigenvalue weighted by molar-refractivity contribution is 6.42. The number of carbonyl (C=O) groups is 1. The van der Waals surface area contributed by atoms with Crippen LogP contribution in [-0.2, 0) is 4.84 Å². The van der Waals surface area contributed by atoms with Gasteiger partial charge in [0.1, 0.15) is 0 Å². The molecule has 1 fully saturated rings. The summed E-state index contributed by atoms with van der Waals surface area (Å²) in [5, 5.41) is 4.89. The van der Waals surface area contributed by atoms with Crippen molar-refractivity contribution in [2.24, 2.45) is 0 Å². The fraction of sp³-hybridized carbons (Fsp3) is 0.364. The zero-order valence-electron chi connectivity index (χ0n) is 9.08. The summed E-state index contributed by atoms with van der Waals surface area (Å²) in [6, 6.07) is 4.64. The summed E-state index contributed by atoms with van der Waals surface area (Å²) >= 11 is 11.6. The van der Waals surface area contributed by atoms with E-state index < -0.39 is 0 Å². The van der Waals surface area contributed by atoms with Crippen molar-refractivity contribution >= 4 is 34.9 Å². The Morgan fingerprint density at radius 2 is 2.12 bits per heavy atom. The molecule has 1 saturated heterocycles. The number of hydrogen-bond donors (Lipinski definition) is 1. The van der Waals surface area contributed by atoms with Crippen LogP contribution in [0.1, 0.15) is 12.8 Å². The summed E-state index contributed by atoms with van der Waals surface area (Å²) in [7, 11) is 0. The predicted octanol–water partition coefficient (Wildman–Crippen LogP) is 3.55. The van der Waals surface area contributed by atoms with Crippen molar-refractivity contribution in [3.05, 3.63) is 28.2 Å². The molecule has 1 heterocycles. The minimum absolute atomic E-state index is 0.289. The summed E-state index contributed by atoms with van der Waals surface area (Å²) in [6.45, 7) is 1.18. The fourth-order valence-corrected chi connectivity index (χ4v) is 1.81. The van der Waals surface area contributed by atoms with Gasteiger partial charge in [0.05, 0.1) is 23.2 Å². The molecule has 2 amide bonds. The highest BCUT2D eigenvalue weighted by atomic mass is 35.5. The van der Waals surface area contributed by atoms with E-state index in [-0.39, 0.29) is 6.03 Å². The SMILES string of the molecule is O=C(Nc1ccc(Cl)c(Cl)c1)N1CCCCO1. The molecule has 0 radical (unpaired) electrons. The molecule has 0 atom stereocenters. The molecule has 1 N–H and O–H groups in total. The van der Waals surface area contributed by atoms with E-state index in [4.69, 9.17) is 28.0 Å². The maximum absolute atomic E-state index is 11.8. The summed E-state index contributed by atoms with van der Waals surface area (Å²) in [5.74, 6) is 0. The molecule has 0 unspecified atom stereocenters. The number of hydroxylamine groups is 2.